The summed E-state index contributed by atoms with van der Waals surface area (Å²) in [5.74, 6) is 5.90. The van der Waals surface area contributed by atoms with E-state index in [0.29, 0.717) is 5.70 Å². The lowest BCUT2D eigenvalue weighted by atomic mass is 10.0. The number of pyridine rings is 2. The lowest BCUT2D eigenvalue weighted by molar-refractivity contribution is 0.221. The zero-order valence-corrected chi connectivity index (χ0v) is 18.4. The third-order valence-corrected chi connectivity index (χ3v) is 6.28. The number of nitrogens with two attached hydrogens (primary N) is 2. The van der Waals surface area contributed by atoms with Crippen molar-refractivity contribution in [1.29, 1.82) is 0 Å². The Morgan fingerprint density at radius 2 is 1.81 bits per heavy atom. The van der Waals surface area contributed by atoms with E-state index in [0.717, 1.165) is 45.3 Å². The predicted octanol–water partition coefficient (Wildman–Crippen LogP) is 3.83. The van der Waals surface area contributed by atoms with Crippen LogP contribution in [0.15, 0.2) is 55.0 Å². The fourth-order valence-electron chi connectivity index (χ4n) is 4.53. The summed E-state index contributed by atoms with van der Waals surface area (Å²) in [4.78, 5) is 15.1. The largest absolute Gasteiger partial charge is 0.403 e. The molecule has 0 atom stereocenters. The molecular formula is C25H29N7. The summed E-state index contributed by atoms with van der Waals surface area (Å²) in [5, 5.41) is 3.56. The number of hydrazine groups is 1. The van der Waals surface area contributed by atoms with E-state index in [9.17, 15) is 0 Å². The standard InChI is InChI=1S/C25H29N7/c1-31(27)24(13-26)22-12-20-21-11-19(14-29-25(21)30-23(20)15-28-22)18-7-5-17(6-8-18)16-32-9-3-2-4-10-32/h5-8,11-15H,2-4,9-10,16,26-27H2,1H3,(H,29,30)/b24-13-. The van der Waals surface area contributed by atoms with Crippen LogP contribution in [0.2, 0.25) is 0 Å². The van der Waals surface area contributed by atoms with Crippen LogP contribution in [0.5, 0.6) is 0 Å². The second kappa shape index (κ2) is 8.61. The van der Waals surface area contributed by atoms with Crippen LogP contribution < -0.4 is 11.6 Å². The van der Waals surface area contributed by atoms with Gasteiger partial charge in [0, 0.05) is 42.3 Å². The van der Waals surface area contributed by atoms with Crippen molar-refractivity contribution in [3.63, 3.8) is 0 Å². The van der Waals surface area contributed by atoms with E-state index in [1.165, 1.54) is 49.1 Å². The number of aromatic amines is 1. The van der Waals surface area contributed by atoms with E-state index in [1.54, 1.807) is 13.2 Å². The highest BCUT2D eigenvalue weighted by Gasteiger charge is 2.13. The quantitative estimate of drug-likeness (QED) is 0.331. The molecule has 1 aliphatic rings. The maximum atomic E-state index is 5.90. The van der Waals surface area contributed by atoms with Crippen molar-refractivity contribution in [2.75, 3.05) is 20.1 Å². The molecule has 7 heteroatoms. The van der Waals surface area contributed by atoms with Gasteiger partial charge in [0.1, 0.15) is 5.65 Å². The first kappa shape index (κ1) is 20.5. The molecule has 1 fully saturated rings. The third-order valence-electron chi connectivity index (χ3n) is 6.28. The second-order valence-corrected chi connectivity index (χ2v) is 8.56. The number of likely N-dealkylation sites (tertiary alicyclic amines) is 1. The highest BCUT2D eigenvalue weighted by molar-refractivity contribution is 6.07. The van der Waals surface area contributed by atoms with Crippen molar-refractivity contribution in [3.8, 4) is 11.1 Å². The fourth-order valence-corrected chi connectivity index (χ4v) is 4.53. The Morgan fingerprint density at radius 3 is 2.53 bits per heavy atom. The molecule has 1 aromatic carbocycles. The maximum absolute atomic E-state index is 5.90. The molecule has 4 aromatic rings. The molecule has 0 bridgehead atoms. The molecule has 4 heterocycles. The van der Waals surface area contributed by atoms with E-state index >= 15 is 0 Å². The van der Waals surface area contributed by atoms with Gasteiger partial charge in [-0.2, -0.15) is 0 Å². The number of H-pyrrole nitrogens is 1. The molecule has 32 heavy (non-hydrogen) atoms. The normalized spacial score (nSPS) is 15.5. The average Bonchev–Trinajstić information content (AvgIpc) is 3.18. The first-order chi connectivity index (χ1) is 15.6. The third kappa shape index (κ3) is 3.92. The molecule has 5 N–H and O–H groups in total. The van der Waals surface area contributed by atoms with Crippen molar-refractivity contribution in [3.05, 3.63) is 66.2 Å². The van der Waals surface area contributed by atoms with Gasteiger partial charge < -0.3 is 15.7 Å². The predicted molar refractivity (Wildman–Crippen MR) is 130 cm³/mol. The molecule has 164 valence electrons. The second-order valence-electron chi connectivity index (χ2n) is 8.56. The minimum atomic E-state index is 0.662. The van der Waals surface area contributed by atoms with Crippen molar-refractivity contribution in [2.45, 2.75) is 25.8 Å². The van der Waals surface area contributed by atoms with E-state index in [4.69, 9.17) is 11.6 Å². The number of aromatic nitrogens is 3. The molecule has 5 rings (SSSR count). The molecule has 0 unspecified atom stereocenters. The van der Waals surface area contributed by atoms with Crippen LogP contribution in [0.3, 0.4) is 0 Å². The fraction of sp³-hybridized carbons (Fsp3) is 0.280. The molecule has 0 radical (unpaired) electrons. The highest BCUT2D eigenvalue weighted by Crippen LogP contribution is 2.30. The van der Waals surface area contributed by atoms with Gasteiger partial charge in [0.15, 0.2) is 0 Å². The lowest BCUT2D eigenvalue weighted by Gasteiger charge is -2.26. The molecule has 1 aliphatic heterocycles. The SMILES string of the molecule is CN(N)/C(=C\N)c1cc2c(cn1)[nH]c1ncc(-c3ccc(CN4CCCCC4)cc3)cc12. The first-order valence-corrected chi connectivity index (χ1v) is 11.1. The Balaban J connectivity index is 1.47. The molecule has 1 saturated heterocycles. The Kier molecular flexibility index (Phi) is 5.51. The van der Waals surface area contributed by atoms with Crippen molar-refractivity contribution in [2.24, 2.45) is 11.6 Å². The summed E-state index contributed by atoms with van der Waals surface area (Å²) < 4.78 is 0. The minimum absolute atomic E-state index is 0.662. The summed E-state index contributed by atoms with van der Waals surface area (Å²) >= 11 is 0. The van der Waals surface area contributed by atoms with Crippen LogP contribution in [0.25, 0.3) is 38.8 Å². The Morgan fingerprint density at radius 1 is 1.03 bits per heavy atom. The topological polar surface area (TPSA) is 100 Å². The van der Waals surface area contributed by atoms with Crippen LogP contribution in [-0.2, 0) is 6.54 Å². The molecule has 0 saturated carbocycles. The number of fused-ring (bicyclic) bond motifs is 3. The molecular weight excluding hydrogens is 398 g/mol. The van der Waals surface area contributed by atoms with Crippen LogP contribution in [0.1, 0.15) is 30.5 Å². The summed E-state index contributed by atoms with van der Waals surface area (Å²) in [5.41, 5.74) is 12.5. The van der Waals surface area contributed by atoms with Crippen molar-refractivity contribution in [1.82, 2.24) is 24.9 Å². The molecule has 3 aromatic heterocycles. The molecule has 0 amide bonds. The van der Waals surface area contributed by atoms with E-state index in [2.05, 4.69) is 50.2 Å². The monoisotopic (exact) mass is 427 g/mol. The van der Waals surface area contributed by atoms with E-state index in [1.807, 2.05) is 12.3 Å². The van der Waals surface area contributed by atoms with E-state index < -0.39 is 0 Å². The number of benzene rings is 1. The number of hydrogen-bond donors (Lipinski definition) is 3. The van der Waals surface area contributed by atoms with Gasteiger partial charge >= 0.3 is 0 Å². The van der Waals surface area contributed by atoms with Gasteiger partial charge in [0.2, 0.25) is 0 Å². The van der Waals surface area contributed by atoms with Gasteiger partial charge in [-0.3, -0.25) is 9.88 Å². The molecule has 0 spiro atoms. The summed E-state index contributed by atoms with van der Waals surface area (Å²) in [6, 6.07) is 13.1. The zero-order chi connectivity index (χ0) is 22.1. The Bertz CT molecular complexity index is 1260. The van der Waals surface area contributed by atoms with Gasteiger partial charge in [-0.1, -0.05) is 30.7 Å². The van der Waals surface area contributed by atoms with Crippen molar-refractivity contribution >= 4 is 27.6 Å². The number of nitrogens with zero attached hydrogens (tertiary/aromatic N) is 4. The van der Waals surface area contributed by atoms with Crippen LogP contribution in [-0.4, -0.2) is 45.0 Å². The molecule has 0 aliphatic carbocycles. The van der Waals surface area contributed by atoms with E-state index in [-0.39, 0.29) is 0 Å². The summed E-state index contributed by atoms with van der Waals surface area (Å²) in [6.45, 7) is 3.45. The maximum Gasteiger partial charge on any atom is 0.138 e. The average molecular weight is 428 g/mol. The number of piperidine rings is 1. The number of nitrogens with one attached hydrogen (secondary N) is 1. The Labute approximate surface area is 187 Å². The summed E-state index contributed by atoms with van der Waals surface area (Å²) in [7, 11) is 1.74. The lowest BCUT2D eigenvalue weighted by Crippen LogP contribution is -2.28. The Hall–Kier alpha value is -3.42. The van der Waals surface area contributed by atoms with Gasteiger partial charge in [-0.05, 0) is 49.2 Å². The highest BCUT2D eigenvalue weighted by atomic mass is 15.4. The summed E-state index contributed by atoms with van der Waals surface area (Å²) in [6.07, 6.45) is 9.19. The minimum Gasteiger partial charge on any atom is -0.403 e. The van der Waals surface area contributed by atoms with Gasteiger partial charge in [0.05, 0.1) is 23.1 Å². The van der Waals surface area contributed by atoms with Crippen LogP contribution in [0, 0.1) is 0 Å². The first-order valence-electron chi connectivity index (χ1n) is 11.1. The van der Waals surface area contributed by atoms with Crippen molar-refractivity contribution < 1.29 is 0 Å². The van der Waals surface area contributed by atoms with Crippen LogP contribution >= 0.6 is 0 Å². The van der Waals surface area contributed by atoms with Gasteiger partial charge in [0.25, 0.3) is 0 Å². The smallest absolute Gasteiger partial charge is 0.138 e. The zero-order valence-electron chi connectivity index (χ0n) is 18.4. The van der Waals surface area contributed by atoms with Crippen LogP contribution in [0.4, 0.5) is 0 Å². The number of rotatable bonds is 5. The molecule has 7 nitrogen and oxygen atoms in total. The van der Waals surface area contributed by atoms with Gasteiger partial charge in [-0.15, -0.1) is 0 Å². The number of hydrogen-bond acceptors (Lipinski definition) is 6. The van der Waals surface area contributed by atoms with Gasteiger partial charge in [-0.25, -0.2) is 10.8 Å².